The number of benzene rings is 1. The highest BCUT2D eigenvalue weighted by atomic mass is 32.2. The molecule has 162 valence electrons. The second-order valence-electron chi connectivity index (χ2n) is 6.52. The number of nitrogens with zero attached hydrogens (tertiary/aromatic N) is 1. The lowest BCUT2D eigenvalue weighted by Gasteiger charge is -2.31. The van der Waals surface area contributed by atoms with Gasteiger partial charge < -0.3 is 10.1 Å². The van der Waals surface area contributed by atoms with E-state index >= 15 is 0 Å². The second kappa shape index (κ2) is 9.57. The van der Waals surface area contributed by atoms with Gasteiger partial charge in [-0.3, -0.25) is 9.59 Å². The normalized spacial score (nSPS) is 16.4. The second-order valence-corrected chi connectivity index (χ2v) is 8.42. The highest BCUT2D eigenvalue weighted by molar-refractivity contribution is 7.89. The van der Waals surface area contributed by atoms with Crippen LogP contribution in [0, 0.1) is 5.92 Å². The van der Waals surface area contributed by atoms with Gasteiger partial charge in [0, 0.05) is 25.6 Å². The minimum absolute atomic E-state index is 0.0288. The molecule has 1 heterocycles. The number of amides is 1. The number of piperidine rings is 1. The van der Waals surface area contributed by atoms with Gasteiger partial charge in [-0.15, -0.1) is 0 Å². The van der Waals surface area contributed by atoms with Gasteiger partial charge in [-0.1, -0.05) is 12.1 Å². The van der Waals surface area contributed by atoms with Crippen LogP contribution < -0.4 is 5.32 Å². The lowest BCUT2D eigenvalue weighted by molar-refractivity contribution is -0.143. The Balaban J connectivity index is 1.97. The van der Waals surface area contributed by atoms with Crippen LogP contribution in [0.25, 0.3) is 0 Å². The Kier molecular flexibility index (Phi) is 7.64. The first-order valence-electron chi connectivity index (χ1n) is 9.17. The SMILES string of the molecule is CCOC(=O)CCNC(=O)C1CCN(S(=O)(=O)c2ccccc2C(F)(F)F)CC1. The maximum Gasteiger partial charge on any atom is 0.417 e. The number of esters is 1. The number of sulfonamides is 1. The summed E-state index contributed by atoms with van der Waals surface area (Å²) in [5.41, 5.74) is -1.21. The summed E-state index contributed by atoms with van der Waals surface area (Å²) >= 11 is 0. The van der Waals surface area contributed by atoms with Gasteiger partial charge in [-0.2, -0.15) is 17.5 Å². The van der Waals surface area contributed by atoms with Crippen molar-refractivity contribution in [2.24, 2.45) is 5.92 Å². The van der Waals surface area contributed by atoms with Crippen LogP contribution in [0.15, 0.2) is 29.2 Å². The summed E-state index contributed by atoms with van der Waals surface area (Å²) in [5, 5.41) is 2.60. The van der Waals surface area contributed by atoms with E-state index in [0.29, 0.717) is 0 Å². The molecule has 0 spiro atoms. The fourth-order valence-corrected chi connectivity index (χ4v) is 4.77. The minimum atomic E-state index is -4.79. The van der Waals surface area contributed by atoms with E-state index in [1.165, 1.54) is 6.07 Å². The molecule has 1 aliphatic rings. The Hall–Kier alpha value is -2.14. The van der Waals surface area contributed by atoms with Crippen LogP contribution in [0.3, 0.4) is 0 Å². The zero-order valence-corrected chi connectivity index (χ0v) is 16.7. The number of rotatable bonds is 7. The standard InChI is InChI=1S/C18H23F3N2O5S/c1-2-28-16(24)7-10-22-17(25)13-8-11-23(12-9-13)29(26,27)15-6-4-3-5-14(15)18(19,20)21/h3-6,13H,2,7-12H2,1H3,(H,22,25). The van der Waals surface area contributed by atoms with Crippen molar-refractivity contribution in [3.63, 3.8) is 0 Å². The Morgan fingerprint density at radius 2 is 1.83 bits per heavy atom. The molecule has 1 N–H and O–H groups in total. The smallest absolute Gasteiger partial charge is 0.417 e. The summed E-state index contributed by atoms with van der Waals surface area (Å²) in [6.45, 7) is 1.90. The molecule has 0 atom stereocenters. The number of alkyl halides is 3. The molecule has 1 aliphatic heterocycles. The Morgan fingerprint density at radius 3 is 2.41 bits per heavy atom. The summed E-state index contributed by atoms with van der Waals surface area (Å²) in [6, 6.07) is 4.05. The molecule has 0 aliphatic carbocycles. The molecular formula is C18H23F3N2O5S. The van der Waals surface area contributed by atoms with Crippen molar-refractivity contribution >= 4 is 21.9 Å². The highest BCUT2D eigenvalue weighted by Crippen LogP contribution is 2.36. The van der Waals surface area contributed by atoms with Gasteiger partial charge in [-0.05, 0) is 31.9 Å². The van der Waals surface area contributed by atoms with E-state index in [0.717, 1.165) is 22.5 Å². The van der Waals surface area contributed by atoms with E-state index in [1.54, 1.807) is 6.92 Å². The van der Waals surface area contributed by atoms with E-state index in [-0.39, 0.29) is 51.4 Å². The molecule has 2 rings (SSSR count). The average molecular weight is 436 g/mol. The molecule has 1 saturated heterocycles. The number of carbonyl (C=O) groups excluding carboxylic acids is 2. The molecule has 11 heteroatoms. The quantitative estimate of drug-likeness (QED) is 0.662. The Morgan fingerprint density at radius 1 is 1.21 bits per heavy atom. The molecule has 0 bridgehead atoms. The van der Waals surface area contributed by atoms with Crippen molar-refractivity contribution in [1.29, 1.82) is 0 Å². The fraction of sp³-hybridized carbons (Fsp3) is 0.556. The van der Waals surface area contributed by atoms with Gasteiger partial charge >= 0.3 is 12.1 Å². The first-order chi connectivity index (χ1) is 13.6. The Labute approximate surface area is 167 Å². The van der Waals surface area contributed by atoms with Crippen molar-refractivity contribution in [1.82, 2.24) is 9.62 Å². The summed E-state index contributed by atoms with van der Waals surface area (Å²) in [4.78, 5) is 22.6. The Bertz CT molecular complexity index is 834. The predicted octanol–water partition coefficient (Wildman–Crippen LogP) is 2.18. The predicted molar refractivity (Wildman–Crippen MR) is 97.2 cm³/mol. The van der Waals surface area contributed by atoms with Gasteiger partial charge in [0.05, 0.1) is 23.5 Å². The van der Waals surface area contributed by atoms with Crippen molar-refractivity contribution < 1.29 is 35.9 Å². The topological polar surface area (TPSA) is 92.8 Å². The van der Waals surface area contributed by atoms with Crippen molar-refractivity contribution in [2.75, 3.05) is 26.2 Å². The lowest BCUT2D eigenvalue weighted by atomic mass is 9.97. The monoisotopic (exact) mass is 436 g/mol. The third kappa shape index (κ3) is 5.92. The maximum absolute atomic E-state index is 13.2. The number of halogens is 3. The van der Waals surface area contributed by atoms with E-state index in [2.05, 4.69) is 5.32 Å². The van der Waals surface area contributed by atoms with E-state index in [1.807, 2.05) is 0 Å². The van der Waals surface area contributed by atoms with Crippen LogP contribution >= 0.6 is 0 Å². The van der Waals surface area contributed by atoms with Gasteiger partial charge in [0.2, 0.25) is 15.9 Å². The van der Waals surface area contributed by atoms with Gasteiger partial charge in [0.1, 0.15) is 0 Å². The van der Waals surface area contributed by atoms with E-state index < -0.39 is 38.5 Å². The number of hydrogen-bond acceptors (Lipinski definition) is 5. The molecule has 1 aromatic rings. The number of ether oxygens (including phenoxy) is 1. The zero-order chi connectivity index (χ0) is 21.7. The van der Waals surface area contributed by atoms with E-state index in [4.69, 9.17) is 4.74 Å². The molecule has 29 heavy (non-hydrogen) atoms. The van der Waals surface area contributed by atoms with Crippen LogP contribution in [-0.2, 0) is 30.5 Å². The molecule has 7 nitrogen and oxygen atoms in total. The summed E-state index contributed by atoms with van der Waals surface area (Å²) < 4.78 is 70.7. The highest BCUT2D eigenvalue weighted by Gasteiger charge is 2.40. The van der Waals surface area contributed by atoms with Gasteiger partial charge in [-0.25, -0.2) is 8.42 Å². The summed E-state index contributed by atoms with van der Waals surface area (Å²) in [7, 11) is -4.34. The molecule has 0 aromatic heterocycles. The van der Waals surface area contributed by atoms with Crippen LogP contribution in [0.4, 0.5) is 13.2 Å². The molecule has 1 aromatic carbocycles. The largest absolute Gasteiger partial charge is 0.466 e. The van der Waals surface area contributed by atoms with Crippen LogP contribution in [0.1, 0.15) is 31.7 Å². The molecular weight excluding hydrogens is 413 g/mol. The first kappa shape index (κ1) is 23.1. The maximum atomic E-state index is 13.2. The van der Waals surface area contributed by atoms with Gasteiger partial charge in [0.25, 0.3) is 0 Å². The van der Waals surface area contributed by atoms with E-state index in [9.17, 15) is 31.2 Å². The van der Waals surface area contributed by atoms with Crippen molar-refractivity contribution in [3.8, 4) is 0 Å². The number of hydrogen-bond donors (Lipinski definition) is 1. The molecule has 0 radical (unpaired) electrons. The third-order valence-electron chi connectivity index (χ3n) is 4.57. The van der Waals surface area contributed by atoms with Crippen molar-refractivity contribution in [3.05, 3.63) is 29.8 Å². The fourth-order valence-electron chi connectivity index (χ4n) is 3.09. The molecule has 1 amide bonds. The average Bonchev–Trinajstić information content (AvgIpc) is 2.67. The molecule has 0 unspecified atom stereocenters. The summed E-state index contributed by atoms with van der Waals surface area (Å²) in [5.74, 6) is -1.22. The molecule has 1 fully saturated rings. The number of carbonyl (C=O) groups is 2. The van der Waals surface area contributed by atoms with Crippen LogP contribution in [0.5, 0.6) is 0 Å². The summed E-state index contributed by atoms with van der Waals surface area (Å²) in [6.07, 6.45) is -4.40. The number of nitrogens with one attached hydrogen (secondary N) is 1. The van der Waals surface area contributed by atoms with Crippen molar-refractivity contribution in [2.45, 2.75) is 37.3 Å². The third-order valence-corrected chi connectivity index (χ3v) is 6.53. The van der Waals surface area contributed by atoms with Crippen LogP contribution in [0.2, 0.25) is 0 Å². The lowest BCUT2D eigenvalue weighted by Crippen LogP contribution is -2.43. The zero-order valence-electron chi connectivity index (χ0n) is 15.9. The van der Waals surface area contributed by atoms with Crippen LogP contribution in [-0.4, -0.2) is 50.8 Å². The van der Waals surface area contributed by atoms with Gasteiger partial charge in [0.15, 0.2) is 0 Å². The molecule has 0 saturated carbocycles. The first-order valence-corrected chi connectivity index (χ1v) is 10.6. The minimum Gasteiger partial charge on any atom is -0.466 e.